The van der Waals surface area contributed by atoms with E-state index in [1.54, 1.807) is 23.3 Å². The predicted molar refractivity (Wildman–Crippen MR) is 53.3 cm³/mol. The summed E-state index contributed by atoms with van der Waals surface area (Å²) in [5.74, 6) is 6.02. The maximum Gasteiger partial charge on any atom is 0.102 e. The number of rotatable bonds is 1. The van der Waals surface area contributed by atoms with E-state index in [-0.39, 0.29) is 0 Å². The highest BCUT2D eigenvalue weighted by molar-refractivity contribution is 5.30. The molecule has 14 heavy (non-hydrogen) atoms. The van der Waals surface area contributed by atoms with Gasteiger partial charge >= 0.3 is 0 Å². The number of pyridine rings is 1. The summed E-state index contributed by atoms with van der Waals surface area (Å²) in [4.78, 5) is 3.98. The van der Waals surface area contributed by atoms with E-state index < -0.39 is 0 Å². The second-order valence-electron chi connectivity index (χ2n) is 2.75. The van der Waals surface area contributed by atoms with Gasteiger partial charge in [-0.1, -0.05) is 11.8 Å². The topological polar surface area (TPSA) is 30.7 Å². The summed E-state index contributed by atoms with van der Waals surface area (Å²) >= 11 is 0. The van der Waals surface area contributed by atoms with Crippen molar-refractivity contribution in [3.05, 3.63) is 48.5 Å². The first-order valence-electron chi connectivity index (χ1n) is 4.31. The van der Waals surface area contributed by atoms with Crippen LogP contribution in [0.25, 0.3) is 0 Å². The first kappa shape index (κ1) is 8.52. The molecule has 68 valence electrons. The average Bonchev–Trinajstić information content (AvgIpc) is 2.72. The molecule has 0 saturated carbocycles. The van der Waals surface area contributed by atoms with Crippen LogP contribution in [-0.2, 0) is 6.54 Å². The average molecular weight is 183 g/mol. The van der Waals surface area contributed by atoms with Crippen LogP contribution >= 0.6 is 0 Å². The molecule has 0 aromatic carbocycles. The maximum atomic E-state index is 4.05. The number of aromatic nitrogens is 3. The van der Waals surface area contributed by atoms with E-state index in [1.165, 1.54) is 0 Å². The van der Waals surface area contributed by atoms with Crippen molar-refractivity contribution in [3.63, 3.8) is 0 Å². The molecule has 2 heterocycles. The molecule has 0 amide bonds. The van der Waals surface area contributed by atoms with Crippen molar-refractivity contribution in [2.75, 3.05) is 0 Å². The summed E-state index contributed by atoms with van der Waals surface area (Å²) in [6.45, 7) is 0.613. The van der Waals surface area contributed by atoms with E-state index in [4.69, 9.17) is 0 Å². The molecule has 0 saturated heterocycles. The summed E-state index contributed by atoms with van der Waals surface area (Å²) < 4.78 is 1.78. The molecule has 0 radical (unpaired) electrons. The van der Waals surface area contributed by atoms with Gasteiger partial charge in [-0.3, -0.25) is 9.67 Å². The van der Waals surface area contributed by atoms with Crippen LogP contribution < -0.4 is 0 Å². The Bertz CT molecular complexity index is 434. The first-order chi connectivity index (χ1) is 6.95. The fourth-order valence-electron chi connectivity index (χ4n) is 1.05. The van der Waals surface area contributed by atoms with Crippen LogP contribution in [0.15, 0.2) is 43.0 Å². The van der Waals surface area contributed by atoms with E-state index in [9.17, 15) is 0 Å². The van der Waals surface area contributed by atoms with Crippen molar-refractivity contribution >= 4 is 0 Å². The lowest BCUT2D eigenvalue weighted by atomic mass is 10.3. The van der Waals surface area contributed by atoms with Crippen LogP contribution in [0, 0.1) is 11.8 Å². The lowest BCUT2D eigenvalue weighted by molar-refractivity contribution is 0.715. The Labute approximate surface area is 82.4 Å². The van der Waals surface area contributed by atoms with Gasteiger partial charge in [0.15, 0.2) is 0 Å². The smallest absolute Gasteiger partial charge is 0.102 e. The minimum Gasteiger partial charge on any atom is -0.263 e. The zero-order valence-electron chi connectivity index (χ0n) is 7.59. The van der Waals surface area contributed by atoms with E-state index >= 15 is 0 Å². The summed E-state index contributed by atoms with van der Waals surface area (Å²) in [6, 6.07) is 5.69. The van der Waals surface area contributed by atoms with Gasteiger partial charge in [-0.15, -0.1) is 0 Å². The molecule has 0 aliphatic heterocycles. The lowest BCUT2D eigenvalue weighted by Gasteiger charge is -1.90. The van der Waals surface area contributed by atoms with Crippen LogP contribution in [0.4, 0.5) is 0 Å². The quantitative estimate of drug-likeness (QED) is 0.624. The third kappa shape index (κ3) is 2.20. The van der Waals surface area contributed by atoms with E-state index in [0.29, 0.717) is 6.54 Å². The standard InChI is InChI=1S/C11H9N3/c1-4-11(10-12-6-1)5-2-8-14-9-3-7-13-14/h1,3-4,6-7,9-10H,8H2. The zero-order chi connectivity index (χ0) is 9.64. The van der Waals surface area contributed by atoms with Crippen LogP contribution in [0.1, 0.15) is 5.56 Å². The fourth-order valence-corrected chi connectivity index (χ4v) is 1.05. The third-order valence-corrected chi connectivity index (χ3v) is 1.69. The van der Waals surface area contributed by atoms with Crippen molar-refractivity contribution in [2.45, 2.75) is 6.54 Å². The molecule has 2 rings (SSSR count). The van der Waals surface area contributed by atoms with Crippen LogP contribution in [0.5, 0.6) is 0 Å². The van der Waals surface area contributed by atoms with Crippen molar-refractivity contribution in [3.8, 4) is 11.8 Å². The van der Waals surface area contributed by atoms with Crippen molar-refractivity contribution in [1.82, 2.24) is 14.8 Å². The molecule has 0 aliphatic carbocycles. The summed E-state index contributed by atoms with van der Waals surface area (Å²) in [6.07, 6.45) is 7.11. The third-order valence-electron chi connectivity index (χ3n) is 1.69. The Kier molecular flexibility index (Phi) is 2.58. The highest BCUT2D eigenvalue weighted by atomic mass is 15.3. The normalized spacial score (nSPS) is 9.14. The predicted octanol–water partition coefficient (Wildman–Crippen LogP) is 1.33. The highest BCUT2D eigenvalue weighted by Gasteiger charge is 1.84. The molecule has 3 nitrogen and oxygen atoms in total. The van der Waals surface area contributed by atoms with E-state index in [2.05, 4.69) is 21.9 Å². The molecule has 0 fully saturated rings. The Morgan fingerprint density at radius 2 is 2.29 bits per heavy atom. The Morgan fingerprint density at radius 1 is 1.29 bits per heavy atom. The summed E-state index contributed by atoms with van der Waals surface area (Å²) in [7, 11) is 0. The van der Waals surface area contributed by atoms with E-state index in [1.807, 2.05) is 24.4 Å². The zero-order valence-corrected chi connectivity index (χ0v) is 7.59. The first-order valence-corrected chi connectivity index (χ1v) is 4.31. The van der Waals surface area contributed by atoms with E-state index in [0.717, 1.165) is 5.56 Å². The van der Waals surface area contributed by atoms with Crippen LogP contribution in [-0.4, -0.2) is 14.8 Å². The molecule has 0 aliphatic rings. The second kappa shape index (κ2) is 4.24. The summed E-state index contributed by atoms with van der Waals surface area (Å²) in [5.41, 5.74) is 0.930. The van der Waals surface area contributed by atoms with Gasteiger partial charge in [0.25, 0.3) is 0 Å². The van der Waals surface area contributed by atoms with Crippen molar-refractivity contribution in [2.24, 2.45) is 0 Å². The molecule has 0 spiro atoms. The molecular weight excluding hydrogens is 174 g/mol. The van der Waals surface area contributed by atoms with Gasteiger partial charge in [0.05, 0.1) is 0 Å². The highest BCUT2D eigenvalue weighted by Crippen LogP contribution is 1.91. The van der Waals surface area contributed by atoms with Gasteiger partial charge in [-0.25, -0.2) is 0 Å². The fraction of sp³-hybridized carbons (Fsp3) is 0.0909. The van der Waals surface area contributed by atoms with Crippen molar-refractivity contribution in [1.29, 1.82) is 0 Å². The SMILES string of the molecule is C(#Cc1cccnc1)Cn1cccn1. The molecule has 0 N–H and O–H groups in total. The van der Waals surface area contributed by atoms with Crippen molar-refractivity contribution < 1.29 is 0 Å². The van der Waals surface area contributed by atoms with Gasteiger partial charge in [0.2, 0.25) is 0 Å². The van der Waals surface area contributed by atoms with Gasteiger partial charge in [0, 0.05) is 30.4 Å². The van der Waals surface area contributed by atoms with Gasteiger partial charge in [0.1, 0.15) is 6.54 Å². The largest absolute Gasteiger partial charge is 0.263 e. The van der Waals surface area contributed by atoms with Crippen LogP contribution in [0.2, 0.25) is 0 Å². The number of nitrogens with zero attached hydrogens (tertiary/aromatic N) is 3. The van der Waals surface area contributed by atoms with Gasteiger partial charge < -0.3 is 0 Å². The molecule has 2 aromatic heterocycles. The Morgan fingerprint density at radius 3 is 3.00 bits per heavy atom. The minimum absolute atomic E-state index is 0.613. The van der Waals surface area contributed by atoms with Gasteiger partial charge in [-0.2, -0.15) is 5.10 Å². The number of hydrogen-bond donors (Lipinski definition) is 0. The molecule has 3 heteroatoms. The monoisotopic (exact) mass is 183 g/mol. The molecule has 0 unspecified atom stereocenters. The molecule has 0 atom stereocenters. The Hall–Kier alpha value is -2.08. The van der Waals surface area contributed by atoms with Gasteiger partial charge in [-0.05, 0) is 18.2 Å². The Balaban J connectivity index is 2.02. The molecule has 0 bridgehead atoms. The minimum atomic E-state index is 0.613. The second-order valence-corrected chi connectivity index (χ2v) is 2.75. The molecular formula is C11H9N3. The summed E-state index contributed by atoms with van der Waals surface area (Å²) in [5, 5.41) is 4.05. The maximum absolute atomic E-state index is 4.05. The van der Waals surface area contributed by atoms with Crippen LogP contribution in [0.3, 0.4) is 0 Å². The lowest BCUT2D eigenvalue weighted by Crippen LogP contribution is -1.94. The molecule has 2 aromatic rings. The number of hydrogen-bond acceptors (Lipinski definition) is 2.